The van der Waals surface area contributed by atoms with Crippen molar-refractivity contribution in [2.45, 2.75) is 32.5 Å². The lowest BCUT2D eigenvalue weighted by molar-refractivity contribution is -0.140. The second kappa shape index (κ2) is 10.8. The van der Waals surface area contributed by atoms with Gasteiger partial charge in [0.1, 0.15) is 11.9 Å². The minimum atomic E-state index is -4.79. The number of benzene rings is 3. The molecule has 0 spiro atoms. The van der Waals surface area contributed by atoms with Crippen LogP contribution in [0.2, 0.25) is 0 Å². The summed E-state index contributed by atoms with van der Waals surface area (Å²) in [5, 5.41) is 0. The van der Waals surface area contributed by atoms with Crippen molar-refractivity contribution in [2.24, 2.45) is 5.73 Å². The van der Waals surface area contributed by atoms with Gasteiger partial charge in [0, 0.05) is 12.2 Å². The van der Waals surface area contributed by atoms with Crippen molar-refractivity contribution in [2.75, 3.05) is 11.4 Å². The molecule has 0 aliphatic heterocycles. The van der Waals surface area contributed by atoms with Crippen LogP contribution in [0.3, 0.4) is 0 Å². The molecule has 0 bridgehead atoms. The van der Waals surface area contributed by atoms with Gasteiger partial charge in [0.2, 0.25) is 5.91 Å². The predicted molar refractivity (Wildman–Crippen MR) is 124 cm³/mol. The lowest BCUT2D eigenvalue weighted by atomic mass is 10.0. The van der Waals surface area contributed by atoms with Crippen molar-refractivity contribution in [3.05, 3.63) is 100 Å². The number of nitrogens with zero attached hydrogens (tertiary/aromatic N) is 1. The second-order valence-electron chi connectivity index (χ2n) is 7.71. The number of anilines is 1. The molecule has 8 heteroatoms. The zero-order chi connectivity index (χ0) is 23.5. The molecule has 0 aromatic heterocycles. The van der Waals surface area contributed by atoms with Crippen LogP contribution in [0.1, 0.15) is 33.9 Å². The molecule has 0 saturated carbocycles. The third-order valence-corrected chi connectivity index (χ3v) is 5.45. The van der Waals surface area contributed by atoms with Crippen LogP contribution in [-0.4, -0.2) is 12.5 Å². The Labute approximate surface area is 196 Å². The van der Waals surface area contributed by atoms with E-state index < -0.39 is 23.6 Å². The summed E-state index contributed by atoms with van der Waals surface area (Å²) >= 11 is 0. The molecule has 0 unspecified atom stereocenters. The first-order chi connectivity index (χ1) is 15.1. The number of carbonyl (C=O) groups excluding carboxylic acids is 1. The van der Waals surface area contributed by atoms with Crippen LogP contribution in [0.5, 0.6) is 0 Å². The highest BCUT2D eigenvalue weighted by molar-refractivity contribution is 5.97. The normalized spacial score (nSPS) is 12.1. The number of rotatable bonds is 6. The zero-order valence-electron chi connectivity index (χ0n) is 18.2. The van der Waals surface area contributed by atoms with Crippen molar-refractivity contribution in [3.8, 4) is 0 Å². The van der Waals surface area contributed by atoms with Gasteiger partial charge in [-0.1, -0.05) is 42.5 Å². The zero-order valence-corrected chi connectivity index (χ0v) is 19.0. The van der Waals surface area contributed by atoms with E-state index in [-0.39, 0.29) is 36.8 Å². The topological polar surface area (TPSA) is 46.3 Å². The maximum absolute atomic E-state index is 13.6. The Morgan fingerprint density at radius 1 is 0.970 bits per heavy atom. The monoisotopic (exact) mass is 480 g/mol. The Kier molecular flexibility index (Phi) is 8.63. The largest absolute Gasteiger partial charge is 0.419 e. The van der Waals surface area contributed by atoms with Crippen LogP contribution >= 0.6 is 12.4 Å². The Bertz CT molecular complexity index is 1100. The van der Waals surface area contributed by atoms with E-state index in [1.165, 1.54) is 11.0 Å². The van der Waals surface area contributed by atoms with E-state index in [1.54, 1.807) is 30.3 Å². The van der Waals surface area contributed by atoms with Crippen molar-refractivity contribution in [1.82, 2.24) is 0 Å². The molecular formula is C25H25ClF4N2O. The molecule has 2 N–H and O–H groups in total. The fraction of sp³-hybridized carbons (Fsp3) is 0.240. The lowest BCUT2D eigenvalue weighted by Crippen LogP contribution is -2.40. The lowest BCUT2D eigenvalue weighted by Gasteiger charge is -2.27. The summed E-state index contributed by atoms with van der Waals surface area (Å²) < 4.78 is 52.9. The molecule has 176 valence electrons. The van der Waals surface area contributed by atoms with Crippen molar-refractivity contribution in [1.29, 1.82) is 0 Å². The summed E-state index contributed by atoms with van der Waals surface area (Å²) in [4.78, 5) is 14.8. The SMILES string of the molecule is Cc1ccc(N(CCc2ccc(F)c(C(F)(F)F)c2)C(=O)[C@@H](N)c2ccccc2)cc1C.Cl. The van der Waals surface area contributed by atoms with Gasteiger partial charge in [-0.3, -0.25) is 4.79 Å². The Morgan fingerprint density at radius 3 is 2.24 bits per heavy atom. The Morgan fingerprint density at radius 2 is 1.64 bits per heavy atom. The van der Waals surface area contributed by atoms with Gasteiger partial charge in [-0.25, -0.2) is 4.39 Å². The highest BCUT2D eigenvalue weighted by Crippen LogP contribution is 2.32. The van der Waals surface area contributed by atoms with Crippen molar-refractivity contribution >= 4 is 24.0 Å². The van der Waals surface area contributed by atoms with Crippen LogP contribution in [0.4, 0.5) is 23.2 Å². The molecular weight excluding hydrogens is 456 g/mol. The second-order valence-corrected chi connectivity index (χ2v) is 7.71. The maximum Gasteiger partial charge on any atom is 0.419 e. The summed E-state index contributed by atoms with van der Waals surface area (Å²) in [6.45, 7) is 3.94. The molecule has 0 heterocycles. The molecule has 1 atom stereocenters. The predicted octanol–water partition coefficient (Wildman–Crippen LogP) is 6.16. The quantitative estimate of drug-likeness (QED) is 0.429. The van der Waals surface area contributed by atoms with E-state index in [1.807, 2.05) is 32.0 Å². The third-order valence-electron chi connectivity index (χ3n) is 5.45. The number of aryl methyl sites for hydroxylation is 2. The van der Waals surface area contributed by atoms with Gasteiger partial charge in [0.15, 0.2) is 0 Å². The number of carbonyl (C=O) groups is 1. The average Bonchev–Trinajstić information content (AvgIpc) is 2.76. The van der Waals surface area contributed by atoms with E-state index in [9.17, 15) is 22.4 Å². The summed E-state index contributed by atoms with van der Waals surface area (Å²) in [5.41, 5.74) is 8.42. The number of hydrogen-bond donors (Lipinski definition) is 1. The minimum Gasteiger partial charge on any atom is -0.316 e. The highest BCUT2D eigenvalue weighted by Gasteiger charge is 2.34. The minimum absolute atomic E-state index is 0. The molecule has 0 saturated heterocycles. The first-order valence-electron chi connectivity index (χ1n) is 10.1. The molecule has 3 aromatic rings. The van der Waals surface area contributed by atoms with Gasteiger partial charge >= 0.3 is 6.18 Å². The van der Waals surface area contributed by atoms with Gasteiger partial charge in [-0.05, 0) is 66.8 Å². The van der Waals surface area contributed by atoms with Crippen LogP contribution in [0.15, 0.2) is 66.7 Å². The van der Waals surface area contributed by atoms with E-state index in [0.29, 0.717) is 11.3 Å². The van der Waals surface area contributed by atoms with Gasteiger partial charge in [-0.2, -0.15) is 13.2 Å². The first-order valence-corrected chi connectivity index (χ1v) is 10.1. The molecule has 3 nitrogen and oxygen atoms in total. The summed E-state index contributed by atoms with van der Waals surface area (Å²) in [7, 11) is 0. The standard InChI is InChI=1S/C25H24F4N2O.ClH/c1-16-8-10-20(14-17(16)2)31(24(32)23(30)19-6-4-3-5-7-19)13-12-18-9-11-22(26)21(15-18)25(27,28)29;/h3-11,14-15,23H,12-13,30H2,1-2H3;1H/t23-;/m0./s1. The molecule has 0 radical (unpaired) electrons. The molecule has 33 heavy (non-hydrogen) atoms. The summed E-state index contributed by atoms with van der Waals surface area (Å²) in [5.74, 6) is -1.70. The number of halogens is 5. The Hall–Kier alpha value is -2.90. The number of hydrogen-bond acceptors (Lipinski definition) is 2. The van der Waals surface area contributed by atoms with Crippen molar-refractivity contribution < 1.29 is 22.4 Å². The molecule has 0 aliphatic carbocycles. The fourth-order valence-corrected chi connectivity index (χ4v) is 3.42. The van der Waals surface area contributed by atoms with Crippen LogP contribution in [-0.2, 0) is 17.4 Å². The molecule has 0 aliphatic rings. The smallest absolute Gasteiger partial charge is 0.316 e. The third kappa shape index (κ3) is 6.33. The van der Waals surface area contributed by atoms with Gasteiger partial charge < -0.3 is 10.6 Å². The number of amides is 1. The fourth-order valence-electron chi connectivity index (χ4n) is 3.42. The van der Waals surface area contributed by atoms with Gasteiger partial charge in [0.25, 0.3) is 0 Å². The van der Waals surface area contributed by atoms with Gasteiger partial charge in [0.05, 0.1) is 5.56 Å². The average molecular weight is 481 g/mol. The van der Waals surface area contributed by atoms with E-state index >= 15 is 0 Å². The first kappa shape index (κ1) is 26.4. The van der Waals surface area contributed by atoms with Crippen LogP contribution in [0, 0.1) is 19.7 Å². The van der Waals surface area contributed by atoms with Crippen LogP contribution < -0.4 is 10.6 Å². The molecule has 3 rings (SSSR count). The van der Waals surface area contributed by atoms with E-state index in [2.05, 4.69) is 0 Å². The molecule has 0 fully saturated rings. The van der Waals surface area contributed by atoms with Crippen molar-refractivity contribution in [3.63, 3.8) is 0 Å². The van der Waals surface area contributed by atoms with Gasteiger partial charge in [-0.15, -0.1) is 12.4 Å². The molecule has 1 amide bonds. The summed E-state index contributed by atoms with van der Waals surface area (Å²) in [6.07, 6.45) is -4.69. The molecule has 3 aromatic carbocycles. The summed E-state index contributed by atoms with van der Waals surface area (Å²) in [6, 6.07) is 16.3. The maximum atomic E-state index is 13.6. The van der Waals surface area contributed by atoms with E-state index in [4.69, 9.17) is 5.73 Å². The number of nitrogens with two attached hydrogens (primary N) is 1. The highest BCUT2D eigenvalue weighted by atomic mass is 35.5. The van der Waals surface area contributed by atoms with E-state index in [0.717, 1.165) is 23.3 Å². The number of alkyl halides is 3. The Balaban J connectivity index is 0.00000385. The van der Waals surface area contributed by atoms with Crippen LogP contribution in [0.25, 0.3) is 0 Å².